The van der Waals surface area contributed by atoms with Gasteiger partial charge in [-0.15, -0.1) is 0 Å². The molecule has 0 radical (unpaired) electrons. The van der Waals surface area contributed by atoms with E-state index in [4.69, 9.17) is 0 Å². The molecule has 0 fully saturated rings. The van der Waals surface area contributed by atoms with Gasteiger partial charge < -0.3 is 0 Å². The molecule has 2 heteroatoms. The first-order valence-corrected chi connectivity index (χ1v) is 4.94. The van der Waals surface area contributed by atoms with Crippen LogP contribution < -0.4 is 0 Å². The van der Waals surface area contributed by atoms with E-state index in [1.807, 2.05) is 13.8 Å². The minimum atomic E-state index is -0.261. The number of ketones is 1. The summed E-state index contributed by atoms with van der Waals surface area (Å²) >= 11 is 0. The zero-order valence-electron chi connectivity index (χ0n) is 9.23. The summed E-state index contributed by atoms with van der Waals surface area (Å²) in [4.78, 5) is 11.2. The van der Waals surface area contributed by atoms with Crippen LogP contribution in [-0.4, -0.2) is 5.78 Å². The summed E-state index contributed by atoms with van der Waals surface area (Å²) in [5.41, 5.74) is 1.12. The second-order valence-corrected chi connectivity index (χ2v) is 2.74. The van der Waals surface area contributed by atoms with Crippen molar-refractivity contribution in [3.8, 4) is 0 Å². The van der Waals surface area contributed by atoms with Crippen LogP contribution in [0, 0.1) is 12.7 Å². The Hall–Kier alpha value is -1.18. The smallest absolute Gasteiger partial charge is 0.162 e. The van der Waals surface area contributed by atoms with Crippen molar-refractivity contribution in [3.05, 3.63) is 35.1 Å². The number of hydrogen-bond acceptors (Lipinski definition) is 1. The highest BCUT2D eigenvalue weighted by Gasteiger charge is 2.04. The maximum absolute atomic E-state index is 12.8. The number of halogens is 1. The van der Waals surface area contributed by atoms with Crippen LogP contribution in [0.2, 0.25) is 0 Å². The molecule has 1 aromatic rings. The van der Waals surface area contributed by atoms with Gasteiger partial charge in [0.05, 0.1) is 0 Å². The molecule has 0 aliphatic carbocycles. The van der Waals surface area contributed by atoms with Gasteiger partial charge in [0.25, 0.3) is 0 Å². The summed E-state index contributed by atoms with van der Waals surface area (Å²) in [6.45, 7) is 7.45. The van der Waals surface area contributed by atoms with E-state index in [1.54, 1.807) is 19.9 Å². The molecule has 1 rings (SSSR count). The Labute approximate surface area is 85.0 Å². The molecule has 0 atom stereocenters. The number of benzene rings is 1. The molecule has 0 saturated carbocycles. The predicted octanol–water partition coefficient (Wildman–Crippen LogP) is 3.75. The Balaban J connectivity index is 0.000000791. The van der Waals surface area contributed by atoms with Gasteiger partial charge in [-0.2, -0.15) is 0 Å². The maximum atomic E-state index is 12.8. The highest BCUT2D eigenvalue weighted by molar-refractivity contribution is 5.95. The van der Waals surface area contributed by atoms with Gasteiger partial charge in [-0.1, -0.05) is 20.8 Å². The van der Waals surface area contributed by atoms with Crippen molar-refractivity contribution in [3.63, 3.8) is 0 Å². The Morgan fingerprint density at radius 3 is 2.36 bits per heavy atom. The Kier molecular flexibility index (Phi) is 5.77. The van der Waals surface area contributed by atoms with Crippen molar-refractivity contribution in [2.24, 2.45) is 0 Å². The Morgan fingerprint density at radius 1 is 1.36 bits per heavy atom. The molecular weight excluding hydrogens is 179 g/mol. The first-order valence-electron chi connectivity index (χ1n) is 4.94. The molecule has 0 heterocycles. The summed E-state index contributed by atoms with van der Waals surface area (Å²) in [6, 6.07) is 4.44. The fourth-order valence-corrected chi connectivity index (χ4v) is 1.02. The number of aryl methyl sites for hydroxylation is 1. The first-order chi connectivity index (χ1) is 6.65. The van der Waals surface area contributed by atoms with Gasteiger partial charge in [-0.25, -0.2) is 4.39 Å². The van der Waals surface area contributed by atoms with E-state index >= 15 is 0 Å². The van der Waals surface area contributed by atoms with Gasteiger partial charge in [0, 0.05) is 12.0 Å². The second kappa shape index (κ2) is 6.30. The molecule has 0 saturated heterocycles. The van der Waals surface area contributed by atoms with Crippen LogP contribution in [0.4, 0.5) is 4.39 Å². The van der Waals surface area contributed by atoms with Gasteiger partial charge in [0.1, 0.15) is 5.82 Å². The van der Waals surface area contributed by atoms with E-state index in [2.05, 4.69) is 0 Å². The van der Waals surface area contributed by atoms with Gasteiger partial charge in [0.2, 0.25) is 0 Å². The summed E-state index contributed by atoms with van der Waals surface area (Å²) in [5.74, 6) is -0.208. The number of hydrogen-bond donors (Lipinski definition) is 0. The molecule has 0 amide bonds. The van der Waals surface area contributed by atoms with Crippen molar-refractivity contribution in [2.75, 3.05) is 0 Å². The standard InChI is InChI=1S/C10H11FO.C2H6/c1-3-10(12)8-4-5-9(11)7(2)6-8;1-2/h4-6H,3H2,1-2H3;1-2H3. The molecule has 1 nitrogen and oxygen atoms in total. The number of carbonyl (C=O) groups excluding carboxylic acids is 1. The molecule has 0 aliphatic rings. The van der Waals surface area contributed by atoms with Crippen molar-refractivity contribution in [1.82, 2.24) is 0 Å². The molecule has 0 bridgehead atoms. The molecule has 0 aromatic heterocycles. The quantitative estimate of drug-likeness (QED) is 0.658. The van der Waals surface area contributed by atoms with Gasteiger partial charge in [-0.3, -0.25) is 4.79 Å². The third kappa shape index (κ3) is 3.29. The van der Waals surface area contributed by atoms with Crippen LogP contribution in [-0.2, 0) is 0 Å². The average Bonchev–Trinajstić information content (AvgIpc) is 2.24. The lowest BCUT2D eigenvalue weighted by molar-refractivity contribution is 0.0988. The maximum Gasteiger partial charge on any atom is 0.162 e. The van der Waals surface area contributed by atoms with E-state index < -0.39 is 0 Å². The minimum Gasteiger partial charge on any atom is -0.294 e. The number of carbonyl (C=O) groups is 1. The molecule has 78 valence electrons. The lowest BCUT2D eigenvalue weighted by atomic mass is 10.1. The largest absolute Gasteiger partial charge is 0.294 e. The normalized spacial score (nSPS) is 8.93. The third-order valence-corrected chi connectivity index (χ3v) is 1.80. The number of Topliss-reactive ketones (excluding diaryl/α,β-unsaturated/α-hetero) is 1. The summed E-state index contributed by atoms with van der Waals surface area (Å²) in [6.07, 6.45) is 0.463. The van der Waals surface area contributed by atoms with Crippen LogP contribution in [0.3, 0.4) is 0 Å². The lowest BCUT2D eigenvalue weighted by Crippen LogP contribution is -1.97. The van der Waals surface area contributed by atoms with E-state index in [0.29, 0.717) is 17.5 Å². The second-order valence-electron chi connectivity index (χ2n) is 2.74. The lowest BCUT2D eigenvalue weighted by Gasteiger charge is -1.99. The Morgan fingerprint density at radius 2 is 1.93 bits per heavy atom. The Bertz CT molecular complexity index is 305. The highest BCUT2D eigenvalue weighted by atomic mass is 19.1. The van der Waals surface area contributed by atoms with Gasteiger partial charge in [-0.05, 0) is 30.7 Å². The fraction of sp³-hybridized carbons (Fsp3) is 0.417. The molecule has 0 N–H and O–H groups in total. The van der Waals surface area contributed by atoms with Crippen LogP contribution >= 0.6 is 0 Å². The van der Waals surface area contributed by atoms with Crippen LogP contribution in [0.1, 0.15) is 43.1 Å². The van der Waals surface area contributed by atoms with Crippen molar-refractivity contribution < 1.29 is 9.18 Å². The topological polar surface area (TPSA) is 17.1 Å². The molecule has 0 unspecified atom stereocenters. The van der Waals surface area contributed by atoms with Crippen LogP contribution in [0.25, 0.3) is 0 Å². The summed E-state index contributed by atoms with van der Waals surface area (Å²) < 4.78 is 12.8. The summed E-state index contributed by atoms with van der Waals surface area (Å²) in [7, 11) is 0. The summed E-state index contributed by atoms with van der Waals surface area (Å²) in [5, 5.41) is 0. The zero-order chi connectivity index (χ0) is 11.1. The van der Waals surface area contributed by atoms with Crippen molar-refractivity contribution >= 4 is 5.78 Å². The van der Waals surface area contributed by atoms with Gasteiger partial charge >= 0.3 is 0 Å². The molecule has 0 aliphatic heterocycles. The van der Waals surface area contributed by atoms with E-state index in [1.165, 1.54) is 12.1 Å². The highest BCUT2D eigenvalue weighted by Crippen LogP contribution is 2.10. The number of rotatable bonds is 2. The first kappa shape index (κ1) is 12.8. The fourth-order valence-electron chi connectivity index (χ4n) is 1.02. The third-order valence-electron chi connectivity index (χ3n) is 1.80. The van der Waals surface area contributed by atoms with Crippen molar-refractivity contribution in [2.45, 2.75) is 34.1 Å². The van der Waals surface area contributed by atoms with E-state index in [0.717, 1.165) is 0 Å². The molecule has 0 spiro atoms. The molecular formula is C12H17FO. The predicted molar refractivity (Wildman–Crippen MR) is 57.1 cm³/mol. The van der Waals surface area contributed by atoms with Crippen LogP contribution in [0.15, 0.2) is 18.2 Å². The van der Waals surface area contributed by atoms with E-state index in [9.17, 15) is 9.18 Å². The molecule has 14 heavy (non-hydrogen) atoms. The zero-order valence-corrected chi connectivity index (χ0v) is 9.23. The van der Waals surface area contributed by atoms with Gasteiger partial charge in [0.15, 0.2) is 5.78 Å². The minimum absolute atomic E-state index is 0.0538. The van der Waals surface area contributed by atoms with E-state index in [-0.39, 0.29) is 11.6 Å². The molecule has 1 aromatic carbocycles. The SMILES string of the molecule is CC.CCC(=O)c1ccc(F)c(C)c1. The van der Waals surface area contributed by atoms with Crippen molar-refractivity contribution in [1.29, 1.82) is 0 Å². The van der Waals surface area contributed by atoms with Crippen LogP contribution in [0.5, 0.6) is 0 Å². The average molecular weight is 196 g/mol. The monoisotopic (exact) mass is 196 g/mol.